The molecule has 0 aromatic carbocycles. The van der Waals surface area contributed by atoms with Crippen LogP contribution in [0.25, 0.3) is 0 Å². The van der Waals surface area contributed by atoms with Gasteiger partial charge in [-0.25, -0.2) is 8.42 Å². The normalized spacial score (nSPS) is 20.3. The molecular formula is C11H23NO2S. The molecule has 1 saturated carbocycles. The highest BCUT2D eigenvalue weighted by Crippen LogP contribution is 2.33. The van der Waals surface area contributed by atoms with E-state index < -0.39 is 14.6 Å². The highest BCUT2D eigenvalue weighted by molar-refractivity contribution is 7.92. The van der Waals surface area contributed by atoms with E-state index in [-0.39, 0.29) is 11.8 Å². The van der Waals surface area contributed by atoms with Crippen molar-refractivity contribution in [3.63, 3.8) is 0 Å². The zero-order valence-corrected chi connectivity index (χ0v) is 10.8. The molecule has 0 radical (unpaired) electrons. The molecule has 90 valence electrons. The smallest absolute Gasteiger partial charge is 0.155 e. The van der Waals surface area contributed by atoms with Gasteiger partial charge in [-0.05, 0) is 52.4 Å². The Balaban J connectivity index is 2.30. The molecule has 0 aliphatic heterocycles. The summed E-state index contributed by atoms with van der Waals surface area (Å²) in [6, 6.07) is 0.222. The largest absolute Gasteiger partial charge is 0.327 e. The molecule has 0 heterocycles. The lowest BCUT2D eigenvalue weighted by Gasteiger charge is -2.19. The van der Waals surface area contributed by atoms with E-state index in [1.54, 1.807) is 20.8 Å². The summed E-state index contributed by atoms with van der Waals surface area (Å²) >= 11 is 0. The van der Waals surface area contributed by atoms with E-state index in [2.05, 4.69) is 0 Å². The topological polar surface area (TPSA) is 60.2 Å². The maximum atomic E-state index is 11.8. The van der Waals surface area contributed by atoms with Gasteiger partial charge in [0.15, 0.2) is 9.84 Å². The predicted molar refractivity (Wildman–Crippen MR) is 63.5 cm³/mol. The van der Waals surface area contributed by atoms with Crippen LogP contribution < -0.4 is 5.73 Å². The maximum Gasteiger partial charge on any atom is 0.155 e. The van der Waals surface area contributed by atoms with Gasteiger partial charge in [-0.2, -0.15) is 0 Å². The molecule has 4 heteroatoms. The van der Waals surface area contributed by atoms with Gasteiger partial charge in [-0.1, -0.05) is 0 Å². The summed E-state index contributed by atoms with van der Waals surface area (Å²) in [5.74, 6) is 0.944. The first-order valence-electron chi connectivity index (χ1n) is 5.72. The first-order valence-corrected chi connectivity index (χ1v) is 7.37. The van der Waals surface area contributed by atoms with Crippen LogP contribution in [0.1, 0.15) is 46.5 Å². The molecular weight excluding hydrogens is 210 g/mol. The fourth-order valence-electron chi connectivity index (χ4n) is 1.58. The Morgan fingerprint density at radius 1 is 1.33 bits per heavy atom. The van der Waals surface area contributed by atoms with Gasteiger partial charge in [0, 0.05) is 6.04 Å². The van der Waals surface area contributed by atoms with E-state index in [0.717, 1.165) is 6.42 Å². The summed E-state index contributed by atoms with van der Waals surface area (Å²) in [4.78, 5) is 0. The molecule has 3 nitrogen and oxygen atoms in total. The third kappa shape index (κ3) is 3.76. The lowest BCUT2D eigenvalue weighted by atomic mass is 10.1. The Kier molecular flexibility index (Phi) is 3.82. The summed E-state index contributed by atoms with van der Waals surface area (Å²) in [7, 11) is -2.95. The zero-order valence-electron chi connectivity index (χ0n) is 9.99. The Bertz CT molecular complexity index is 299. The van der Waals surface area contributed by atoms with Crippen LogP contribution >= 0.6 is 0 Å². The number of rotatable bonds is 5. The van der Waals surface area contributed by atoms with Crippen molar-refractivity contribution in [2.45, 2.75) is 57.2 Å². The predicted octanol–water partition coefficient (Wildman–Crippen LogP) is 1.72. The van der Waals surface area contributed by atoms with E-state index >= 15 is 0 Å². The first-order chi connectivity index (χ1) is 6.74. The maximum absolute atomic E-state index is 11.8. The van der Waals surface area contributed by atoms with Crippen molar-refractivity contribution < 1.29 is 8.42 Å². The number of hydrogen-bond donors (Lipinski definition) is 1. The third-order valence-corrected chi connectivity index (χ3v) is 5.80. The molecule has 1 fully saturated rings. The van der Waals surface area contributed by atoms with Crippen LogP contribution in [0.4, 0.5) is 0 Å². The minimum absolute atomic E-state index is 0.222. The molecule has 1 rings (SSSR count). The average molecular weight is 233 g/mol. The molecule has 1 unspecified atom stereocenters. The van der Waals surface area contributed by atoms with Gasteiger partial charge >= 0.3 is 0 Å². The zero-order chi connectivity index (χ0) is 11.7. The van der Waals surface area contributed by atoms with Crippen molar-refractivity contribution in [1.29, 1.82) is 0 Å². The summed E-state index contributed by atoms with van der Waals surface area (Å²) in [5, 5.41) is 0. The summed E-state index contributed by atoms with van der Waals surface area (Å²) < 4.78 is 22.9. The summed E-state index contributed by atoms with van der Waals surface area (Å²) in [5.41, 5.74) is 5.92. The number of sulfone groups is 1. The van der Waals surface area contributed by atoms with Crippen molar-refractivity contribution in [2.75, 3.05) is 5.75 Å². The Hall–Kier alpha value is -0.0900. The molecule has 0 bridgehead atoms. The first kappa shape index (κ1) is 13.0. The third-order valence-electron chi connectivity index (χ3n) is 3.11. The SMILES string of the molecule is CC(C)(C)S(=O)(=O)CCCC(N)C1CC1. The fourth-order valence-corrected chi connectivity index (χ4v) is 2.73. The van der Waals surface area contributed by atoms with Crippen molar-refractivity contribution >= 4 is 9.84 Å². The van der Waals surface area contributed by atoms with Crippen molar-refractivity contribution in [3.05, 3.63) is 0 Å². The van der Waals surface area contributed by atoms with Gasteiger partial charge < -0.3 is 5.73 Å². The molecule has 15 heavy (non-hydrogen) atoms. The van der Waals surface area contributed by atoms with Gasteiger partial charge in [0.1, 0.15) is 0 Å². The van der Waals surface area contributed by atoms with Crippen LogP contribution in [0.3, 0.4) is 0 Å². The number of nitrogens with two attached hydrogens (primary N) is 1. The van der Waals surface area contributed by atoms with Gasteiger partial charge in [-0.15, -0.1) is 0 Å². The van der Waals surface area contributed by atoms with E-state index in [1.165, 1.54) is 12.8 Å². The average Bonchev–Trinajstić information content (AvgIpc) is 2.83. The second kappa shape index (κ2) is 4.42. The molecule has 1 aliphatic rings. The Morgan fingerprint density at radius 3 is 2.27 bits per heavy atom. The Morgan fingerprint density at radius 2 is 1.87 bits per heavy atom. The van der Waals surface area contributed by atoms with Crippen molar-refractivity contribution in [2.24, 2.45) is 11.7 Å². The minimum Gasteiger partial charge on any atom is -0.327 e. The van der Waals surface area contributed by atoms with E-state index in [1.807, 2.05) is 0 Å². The molecule has 1 atom stereocenters. The molecule has 2 N–H and O–H groups in total. The second-order valence-electron chi connectivity index (χ2n) is 5.57. The van der Waals surface area contributed by atoms with E-state index in [4.69, 9.17) is 5.73 Å². The van der Waals surface area contributed by atoms with E-state index in [9.17, 15) is 8.42 Å². The van der Waals surface area contributed by atoms with Crippen LogP contribution in [-0.4, -0.2) is 25.0 Å². The molecule has 0 spiro atoms. The standard InChI is InChI=1S/C11H23NO2S/c1-11(2,3)15(13,14)8-4-5-10(12)9-6-7-9/h9-10H,4-8,12H2,1-3H3. The van der Waals surface area contributed by atoms with Crippen LogP contribution in [0.15, 0.2) is 0 Å². The monoisotopic (exact) mass is 233 g/mol. The quantitative estimate of drug-likeness (QED) is 0.786. The fraction of sp³-hybridized carbons (Fsp3) is 1.00. The second-order valence-corrected chi connectivity index (χ2v) is 8.44. The van der Waals surface area contributed by atoms with Crippen LogP contribution in [0, 0.1) is 5.92 Å². The van der Waals surface area contributed by atoms with Crippen LogP contribution in [0.2, 0.25) is 0 Å². The number of hydrogen-bond acceptors (Lipinski definition) is 3. The molecule has 0 aromatic heterocycles. The lowest BCUT2D eigenvalue weighted by Crippen LogP contribution is -2.31. The van der Waals surface area contributed by atoms with Gasteiger partial charge in [0.2, 0.25) is 0 Å². The molecule has 0 saturated heterocycles. The van der Waals surface area contributed by atoms with Crippen molar-refractivity contribution in [1.82, 2.24) is 0 Å². The van der Waals surface area contributed by atoms with Crippen LogP contribution in [-0.2, 0) is 9.84 Å². The van der Waals surface area contributed by atoms with Crippen LogP contribution in [0.5, 0.6) is 0 Å². The molecule has 0 aromatic rings. The van der Waals surface area contributed by atoms with Crippen molar-refractivity contribution in [3.8, 4) is 0 Å². The molecule has 1 aliphatic carbocycles. The highest BCUT2D eigenvalue weighted by atomic mass is 32.2. The van der Waals surface area contributed by atoms with Gasteiger partial charge in [-0.3, -0.25) is 0 Å². The van der Waals surface area contributed by atoms with E-state index in [0.29, 0.717) is 12.3 Å². The lowest BCUT2D eigenvalue weighted by molar-refractivity contribution is 0.527. The molecule has 0 amide bonds. The minimum atomic E-state index is -2.95. The Labute approximate surface area is 93.3 Å². The highest BCUT2D eigenvalue weighted by Gasteiger charge is 2.31. The summed E-state index contributed by atoms with van der Waals surface area (Å²) in [6.45, 7) is 5.26. The van der Waals surface area contributed by atoms with Gasteiger partial charge in [0.05, 0.1) is 10.5 Å². The van der Waals surface area contributed by atoms with Gasteiger partial charge in [0.25, 0.3) is 0 Å². The summed E-state index contributed by atoms with van der Waals surface area (Å²) in [6.07, 6.45) is 4.01.